The van der Waals surface area contributed by atoms with Gasteiger partial charge >= 0.3 is 0 Å². The molecule has 2 N–H and O–H groups in total. The average molecular weight is 438 g/mol. The minimum Gasteiger partial charge on any atom is -0.375 e. The predicted molar refractivity (Wildman–Crippen MR) is 107 cm³/mol. The lowest BCUT2D eigenvalue weighted by molar-refractivity contribution is -0.124. The lowest BCUT2D eigenvalue weighted by Gasteiger charge is -2.29. The molecule has 3 rings (SSSR count). The Bertz CT molecular complexity index is 1010. The van der Waals surface area contributed by atoms with Gasteiger partial charge in [-0.1, -0.05) is 20.8 Å². The molecule has 2 heterocycles. The summed E-state index contributed by atoms with van der Waals surface area (Å²) in [5.74, 6) is -4.57. The molecule has 0 aliphatic carbocycles. The number of fused-ring (bicyclic) bond motifs is 1. The normalized spacial score (nSPS) is 15.1. The molecule has 7 nitrogen and oxygen atoms in total. The largest absolute Gasteiger partial charge is 0.375 e. The Morgan fingerprint density at radius 3 is 2.48 bits per heavy atom. The van der Waals surface area contributed by atoms with Gasteiger partial charge in [0.05, 0.1) is 17.9 Å². The summed E-state index contributed by atoms with van der Waals surface area (Å²) >= 11 is 0. The molecule has 0 fully saturated rings. The number of hydrogen-bond acceptors (Lipinski definition) is 4. The zero-order valence-electron chi connectivity index (χ0n) is 17.8. The van der Waals surface area contributed by atoms with Crippen LogP contribution in [0.3, 0.4) is 0 Å². The van der Waals surface area contributed by atoms with Crippen molar-refractivity contribution in [3.8, 4) is 11.4 Å². The lowest BCUT2D eigenvalue weighted by atomic mass is 9.86. The predicted octanol–water partition coefficient (Wildman–Crippen LogP) is 2.78. The topological polar surface area (TPSA) is 85.3 Å². The van der Waals surface area contributed by atoms with Gasteiger partial charge in [-0.25, -0.2) is 18.2 Å². The second-order valence-corrected chi connectivity index (χ2v) is 8.42. The highest BCUT2D eigenvalue weighted by molar-refractivity contribution is 5.97. The van der Waals surface area contributed by atoms with E-state index in [0.717, 1.165) is 6.07 Å². The third-order valence-electron chi connectivity index (χ3n) is 5.10. The number of nitrogens with one attached hydrogen (secondary N) is 2. The fourth-order valence-electron chi connectivity index (χ4n) is 3.47. The molecule has 0 radical (unpaired) electrons. The molecule has 10 heteroatoms. The summed E-state index contributed by atoms with van der Waals surface area (Å²) in [5.41, 5.74) is -0.546. The van der Waals surface area contributed by atoms with E-state index in [1.165, 1.54) is 7.05 Å². The second-order valence-electron chi connectivity index (χ2n) is 8.42. The molecule has 0 saturated heterocycles. The van der Waals surface area contributed by atoms with Crippen molar-refractivity contribution in [2.24, 2.45) is 5.41 Å². The van der Waals surface area contributed by atoms with Gasteiger partial charge in [-0.2, -0.15) is 0 Å². The zero-order valence-corrected chi connectivity index (χ0v) is 17.8. The summed E-state index contributed by atoms with van der Waals surface area (Å²) in [4.78, 5) is 29.7. The van der Waals surface area contributed by atoms with E-state index >= 15 is 0 Å². The molecule has 0 unspecified atom stereocenters. The van der Waals surface area contributed by atoms with Crippen LogP contribution in [0.5, 0.6) is 0 Å². The summed E-state index contributed by atoms with van der Waals surface area (Å²) in [6.07, 6.45) is 0.561. The van der Waals surface area contributed by atoms with Crippen LogP contribution in [0.25, 0.3) is 11.4 Å². The van der Waals surface area contributed by atoms with Crippen molar-refractivity contribution in [3.05, 3.63) is 41.0 Å². The van der Waals surface area contributed by atoms with E-state index in [9.17, 15) is 22.8 Å². The molecule has 1 aliphatic rings. The number of benzene rings is 1. The summed E-state index contributed by atoms with van der Waals surface area (Å²) in [7, 11) is 1.47. The van der Waals surface area contributed by atoms with Gasteiger partial charge < -0.3 is 19.9 Å². The molecule has 2 amide bonds. The number of likely N-dealkylation sites (N-methyl/N-ethyl adjacent to an activating group) is 1. The quantitative estimate of drug-likeness (QED) is 0.719. The van der Waals surface area contributed by atoms with Crippen molar-refractivity contribution in [2.75, 3.05) is 13.7 Å². The number of nitrogens with zero attached hydrogens (tertiary/aromatic N) is 2. The zero-order chi connectivity index (χ0) is 22.9. The molecule has 0 spiro atoms. The number of ether oxygens (including phenoxy) is 1. The minimum atomic E-state index is -1.32. The standard InChI is InChI=1S/C21H25F3N4O3/c1-21(2,3)17(20(30)25-4)27-19(29)16-15-10-31-7-5-6-28(15)18(26-16)11-8-13(23)14(24)9-12(11)22/h8-9,17H,5-7,10H2,1-4H3,(H,25,30)(H,27,29)/t17-/m1/s1. The van der Waals surface area contributed by atoms with Crippen LogP contribution in [0.15, 0.2) is 12.1 Å². The highest BCUT2D eigenvalue weighted by atomic mass is 19.2. The van der Waals surface area contributed by atoms with E-state index in [4.69, 9.17) is 4.74 Å². The maximum absolute atomic E-state index is 14.5. The summed E-state index contributed by atoms with van der Waals surface area (Å²) in [6.45, 7) is 6.18. The number of carbonyl (C=O) groups is 2. The number of carbonyl (C=O) groups excluding carboxylic acids is 2. The van der Waals surface area contributed by atoms with Crippen molar-refractivity contribution in [2.45, 2.75) is 46.4 Å². The summed E-state index contributed by atoms with van der Waals surface area (Å²) in [6, 6.07) is 0.300. The SMILES string of the molecule is CNC(=O)[C@@H](NC(=O)c1nc(-c2cc(F)c(F)cc2F)n2c1COCCC2)C(C)(C)C. The number of aromatic nitrogens is 2. The van der Waals surface area contributed by atoms with Crippen LogP contribution in [0.4, 0.5) is 13.2 Å². The van der Waals surface area contributed by atoms with Gasteiger partial charge in [0.25, 0.3) is 5.91 Å². The molecular formula is C21H25F3N4O3. The Kier molecular flexibility index (Phi) is 6.40. The smallest absolute Gasteiger partial charge is 0.272 e. The Morgan fingerprint density at radius 1 is 1.16 bits per heavy atom. The molecule has 2 aromatic rings. The first-order valence-electron chi connectivity index (χ1n) is 9.89. The van der Waals surface area contributed by atoms with Gasteiger partial charge in [0.2, 0.25) is 5.91 Å². The highest BCUT2D eigenvalue weighted by Gasteiger charge is 2.34. The van der Waals surface area contributed by atoms with Gasteiger partial charge in [-0.05, 0) is 17.9 Å². The fraction of sp³-hybridized carbons (Fsp3) is 0.476. The first-order chi connectivity index (χ1) is 14.5. The molecule has 168 valence electrons. The van der Waals surface area contributed by atoms with E-state index in [1.54, 1.807) is 25.3 Å². The van der Waals surface area contributed by atoms with Crippen molar-refractivity contribution >= 4 is 11.8 Å². The number of imidazole rings is 1. The third kappa shape index (κ3) is 4.58. The maximum Gasteiger partial charge on any atom is 0.272 e. The maximum atomic E-state index is 14.5. The van der Waals surface area contributed by atoms with E-state index < -0.39 is 34.8 Å². The van der Waals surface area contributed by atoms with Crippen molar-refractivity contribution in [1.29, 1.82) is 0 Å². The van der Waals surface area contributed by atoms with Crippen molar-refractivity contribution in [1.82, 2.24) is 20.2 Å². The first kappa shape index (κ1) is 22.8. The fourth-order valence-corrected chi connectivity index (χ4v) is 3.47. The van der Waals surface area contributed by atoms with Crippen LogP contribution in [-0.4, -0.2) is 41.1 Å². The van der Waals surface area contributed by atoms with Gasteiger partial charge in [-0.15, -0.1) is 0 Å². The summed E-state index contributed by atoms with van der Waals surface area (Å²) < 4.78 is 48.8. The van der Waals surface area contributed by atoms with Crippen LogP contribution in [-0.2, 0) is 22.7 Å². The highest BCUT2D eigenvalue weighted by Crippen LogP contribution is 2.29. The molecule has 0 bridgehead atoms. The number of hydrogen-bond donors (Lipinski definition) is 2. The molecule has 0 saturated carbocycles. The minimum absolute atomic E-state index is 0.00528. The Balaban J connectivity index is 2.09. The Labute approximate surface area is 178 Å². The molecule has 1 atom stereocenters. The Hall–Kier alpha value is -2.88. The van der Waals surface area contributed by atoms with Crippen LogP contribution < -0.4 is 10.6 Å². The van der Waals surface area contributed by atoms with E-state index in [1.807, 2.05) is 0 Å². The van der Waals surface area contributed by atoms with Crippen molar-refractivity contribution < 1.29 is 27.5 Å². The van der Waals surface area contributed by atoms with Gasteiger partial charge in [0, 0.05) is 26.3 Å². The molecule has 1 aliphatic heterocycles. The van der Waals surface area contributed by atoms with E-state index in [2.05, 4.69) is 15.6 Å². The third-order valence-corrected chi connectivity index (χ3v) is 5.10. The van der Waals surface area contributed by atoms with Crippen molar-refractivity contribution in [3.63, 3.8) is 0 Å². The van der Waals surface area contributed by atoms with Crippen LogP contribution in [0.1, 0.15) is 43.4 Å². The number of halogens is 3. The molecule has 1 aromatic heterocycles. The lowest BCUT2D eigenvalue weighted by Crippen LogP contribution is -2.53. The molecule has 31 heavy (non-hydrogen) atoms. The van der Waals surface area contributed by atoms with Gasteiger partial charge in [0.1, 0.15) is 17.7 Å². The van der Waals surface area contributed by atoms with Crippen LogP contribution >= 0.6 is 0 Å². The van der Waals surface area contributed by atoms with Gasteiger partial charge in [0.15, 0.2) is 17.3 Å². The monoisotopic (exact) mass is 438 g/mol. The number of amides is 2. The van der Waals surface area contributed by atoms with Gasteiger partial charge in [-0.3, -0.25) is 9.59 Å². The molecular weight excluding hydrogens is 413 g/mol. The Morgan fingerprint density at radius 2 is 1.84 bits per heavy atom. The van der Waals surface area contributed by atoms with E-state index in [0.29, 0.717) is 31.3 Å². The first-order valence-corrected chi connectivity index (χ1v) is 9.89. The van der Waals surface area contributed by atoms with E-state index in [-0.39, 0.29) is 29.6 Å². The van der Waals surface area contributed by atoms with Crippen LogP contribution in [0, 0.1) is 22.9 Å². The summed E-state index contributed by atoms with van der Waals surface area (Å²) in [5, 5.41) is 5.20. The molecule has 1 aromatic carbocycles. The second kappa shape index (κ2) is 8.70. The van der Waals surface area contributed by atoms with Crippen LogP contribution in [0.2, 0.25) is 0 Å². The number of rotatable bonds is 4. The average Bonchev–Trinajstić information content (AvgIpc) is 2.88.